The van der Waals surface area contributed by atoms with Gasteiger partial charge in [0.2, 0.25) is 11.8 Å². The molecule has 0 aliphatic carbocycles. The molecule has 4 heterocycles. The largest absolute Gasteiger partial charge is 0.465 e. The number of nitrogens with one attached hydrogen (secondary N) is 3. The Balaban J connectivity index is 1.55. The molecule has 0 saturated heterocycles. The number of fused-ring (bicyclic) bond motifs is 4. The molecule has 15 heteroatoms. The number of carbonyl (C=O) groups is 5. The zero-order valence-electron chi connectivity index (χ0n) is 27.7. The Bertz CT molecular complexity index is 1840. The van der Waals surface area contributed by atoms with Crippen molar-refractivity contribution in [3.63, 3.8) is 0 Å². The minimum absolute atomic E-state index is 0.0232. The smallest absolute Gasteiger partial charge is 0.339 e. The van der Waals surface area contributed by atoms with Crippen LogP contribution in [-0.2, 0) is 16.0 Å². The second kappa shape index (κ2) is 15.2. The molecule has 256 valence electrons. The molecule has 3 aromatic heterocycles. The van der Waals surface area contributed by atoms with Gasteiger partial charge >= 0.3 is 5.97 Å². The van der Waals surface area contributed by atoms with Crippen LogP contribution in [0.15, 0.2) is 58.5 Å². The zero-order chi connectivity index (χ0) is 35.2. The number of nitrogens with zero attached hydrogens (tertiary/aromatic N) is 4. The maximum absolute atomic E-state index is 14.0. The Morgan fingerprint density at radius 1 is 1.04 bits per heavy atom. The maximum atomic E-state index is 14.0. The van der Waals surface area contributed by atoms with Crippen LogP contribution in [0.2, 0.25) is 0 Å². The molecule has 3 atom stereocenters. The molecule has 0 radical (unpaired) electrons. The first-order valence-electron chi connectivity index (χ1n) is 15.6. The minimum atomic E-state index is -0.736. The fourth-order valence-electron chi connectivity index (χ4n) is 5.31. The normalized spacial score (nSPS) is 18.9. The van der Waals surface area contributed by atoms with Crippen molar-refractivity contribution in [3.8, 4) is 0 Å². The van der Waals surface area contributed by atoms with Crippen LogP contribution < -0.4 is 16.0 Å². The van der Waals surface area contributed by atoms with Crippen LogP contribution in [0.1, 0.15) is 96.9 Å². The predicted octanol–water partition coefficient (Wildman–Crippen LogP) is 3.42. The summed E-state index contributed by atoms with van der Waals surface area (Å²) < 4.78 is 10.6. The molecular formula is C34H37N7O7S. The molecule has 4 aromatic rings. The first-order chi connectivity index (χ1) is 23.4. The summed E-state index contributed by atoms with van der Waals surface area (Å²) in [6.45, 7) is 6.58. The minimum Gasteiger partial charge on any atom is -0.465 e. The van der Waals surface area contributed by atoms with Crippen molar-refractivity contribution in [1.29, 1.82) is 0 Å². The number of thiazole rings is 1. The number of aromatic nitrogens is 3. The highest BCUT2D eigenvalue weighted by molar-refractivity contribution is 7.09. The van der Waals surface area contributed by atoms with Crippen molar-refractivity contribution in [2.24, 2.45) is 5.92 Å². The van der Waals surface area contributed by atoms with Gasteiger partial charge in [-0.15, -0.1) is 11.3 Å². The van der Waals surface area contributed by atoms with Gasteiger partial charge in [-0.1, -0.05) is 44.2 Å². The third-order valence-electron chi connectivity index (χ3n) is 7.88. The van der Waals surface area contributed by atoms with Crippen LogP contribution in [0.25, 0.3) is 0 Å². The average Bonchev–Trinajstić information content (AvgIpc) is 3.74. The highest BCUT2D eigenvalue weighted by Gasteiger charge is 2.31. The lowest BCUT2D eigenvalue weighted by atomic mass is 10.0. The summed E-state index contributed by atoms with van der Waals surface area (Å²) in [5.74, 6) is -2.55. The van der Waals surface area contributed by atoms with E-state index in [-0.39, 0.29) is 46.8 Å². The molecule has 0 saturated carbocycles. The topological polar surface area (TPSA) is 186 Å². The number of rotatable bonds is 5. The molecule has 4 amide bonds. The van der Waals surface area contributed by atoms with Crippen molar-refractivity contribution in [1.82, 2.24) is 35.8 Å². The van der Waals surface area contributed by atoms with Crippen LogP contribution >= 0.6 is 11.3 Å². The molecule has 4 bridgehead atoms. The first kappa shape index (κ1) is 34.9. The van der Waals surface area contributed by atoms with E-state index in [1.165, 1.54) is 41.7 Å². The summed E-state index contributed by atoms with van der Waals surface area (Å²) in [6.07, 6.45) is 1.54. The molecule has 49 heavy (non-hydrogen) atoms. The standard InChI is InChI=1S/C34H37N7O7S/c1-18(2)27-31-40-28(20(4)48-31)30(44)36-19(3)32-38-25(17-49-32)29(43)37-23(13-21-9-7-6-8-10-21)15-41(16-26(42)39-27)33(45)24-12-11-22(14-35-24)34(46)47-5/h6-12,14,17-19,23,27H,13,15-16H2,1-5H3,(H,36,44)(H,37,43)(H,39,42)/t19-,23-,27+/m1/s1. The lowest BCUT2D eigenvalue weighted by Gasteiger charge is -2.29. The van der Waals surface area contributed by atoms with Gasteiger partial charge in [0, 0.05) is 18.1 Å². The van der Waals surface area contributed by atoms with Crippen LogP contribution in [0, 0.1) is 12.8 Å². The van der Waals surface area contributed by atoms with Gasteiger partial charge in [-0.25, -0.2) is 14.8 Å². The molecule has 0 fully saturated rings. The van der Waals surface area contributed by atoms with Crippen LogP contribution in [0.3, 0.4) is 0 Å². The van der Waals surface area contributed by atoms with E-state index >= 15 is 0 Å². The summed E-state index contributed by atoms with van der Waals surface area (Å²) >= 11 is 1.22. The fourth-order valence-corrected chi connectivity index (χ4v) is 6.12. The molecule has 3 N–H and O–H groups in total. The van der Waals surface area contributed by atoms with Gasteiger partial charge in [0.05, 0.1) is 31.3 Å². The summed E-state index contributed by atoms with van der Waals surface area (Å²) in [6, 6.07) is 10.2. The number of aryl methyl sites for hydroxylation is 1. The Labute approximate surface area is 286 Å². The van der Waals surface area contributed by atoms with E-state index in [4.69, 9.17) is 9.15 Å². The molecule has 14 nitrogen and oxygen atoms in total. The van der Waals surface area contributed by atoms with E-state index in [1.807, 2.05) is 44.2 Å². The van der Waals surface area contributed by atoms with Gasteiger partial charge in [-0.2, -0.15) is 0 Å². The second-order valence-electron chi connectivity index (χ2n) is 12.0. The van der Waals surface area contributed by atoms with Gasteiger partial charge in [-0.3, -0.25) is 24.2 Å². The fraction of sp³-hybridized carbons (Fsp3) is 0.353. The summed E-state index contributed by atoms with van der Waals surface area (Å²) in [5, 5.41) is 10.9. The second-order valence-corrected chi connectivity index (χ2v) is 12.9. The van der Waals surface area contributed by atoms with Gasteiger partial charge in [0.25, 0.3) is 17.7 Å². The van der Waals surface area contributed by atoms with Crippen molar-refractivity contribution < 1.29 is 33.1 Å². The van der Waals surface area contributed by atoms with E-state index in [9.17, 15) is 24.0 Å². The molecular weight excluding hydrogens is 650 g/mol. The van der Waals surface area contributed by atoms with E-state index in [2.05, 4.69) is 30.9 Å². The maximum Gasteiger partial charge on any atom is 0.339 e. The number of benzene rings is 1. The number of pyridine rings is 1. The van der Waals surface area contributed by atoms with Crippen molar-refractivity contribution >= 4 is 40.9 Å². The Morgan fingerprint density at radius 3 is 2.47 bits per heavy atom. The monoisotopic (exact) mass is 687 g/mol. The van der Waals surface area contributed by atoms with E-state index in [1.54, 1.807) is 19.2 Å². The number of ether oxygens (including phenoxy) is 1. The van der Waals surface area contributed by atoms with Crippen LogP contribution in [0.5, 0.6) is 0 Å². The summed E-state index contributed by atoms with van der Waals surface area (Å²) in [7, 11) is 1.24. The quantitative estimate of drug-likeness (QED) is 0.263. The van der Waals surface area contributed by atoms with E-state index in [0.717, 1.165) is 5.56 Å². The van der Waals surface area contributed by atoms with Gasteiger partial charge in [0.15, 0.2) is 5.69 Å². The first-order valence-corrected chi connectivity index (χ1v) is 16.5. The number of oxazole rings is 1. The van der Waals surface area contributed by atoms with E-state index < -0.39 is 54.3 Å². The number of hydrogen-bond acceptors (Lipinski definition) is 11. The van der Waals surface area contributed by atoms with Gasteiger partial charge < -0.3 is 30.0 Å². The molecule has 1 aliphatic rings. The Morgan fingerprint density at radius 2 is 1.80 bits per heavy atom. The number of methoxy groups -OCH3 is 1. The number of esters is 1. The lowest BCUT2D eigenvalue weighted by molar-refractivity contribution is -0.123. The predicted molar refractivity (Wildman–Crippen MR) is 178 cm³/mol. The van der Waals surface area contributed by atoms with Crippen LogP contribution in [-0.4, -0.2) is 75.7 Å². The van der Waals surface area contributed by atoms with Crippen molar-refractivity contribution in [2.75, 3.05) is 20.2 Å². The Kier molecular flexibility index (Phi) is 10.8. The third-order valence-corrected chi connectivity index (χ3v) is 8.90. The van der Waals surface area contributed by atoms with Crippen molar-refractivity contribution in [3.05, 3.63) is 98.9 Å². The number of carbonyl (C=O) groups excluding carboxylic acids is 5. The Hall–Kier alpha value is -5.44. The third kappa shape index (κ3) is 8.35. The number of amides is 4. The lowest BCUT2D eigenvalue weighted by Crippen LogP contribution is -2.50. The zero-order valence-corrected chi connectivity index (χ0v) is 28.5. The summed E-state index contributed by atoms with van der Waals surface area (Å²) in [5.41, 5.74) is 1.20. The summed E-state index contributed by atoms with van der Waals surface area (Å²) in [4.78, 5) is 80.9. The molecule has 0 spiro atoms. The van der Waals surface area contributed by atoms with Crippen molar-refractivity contribution in [2.45, 2.75) is 52.2 Å². The highest BCUT2D eigenvalue weighted by Crippen LogP contribution is 2.25. The van der Waals surface area contributed by atoms with Gasteiger partial charge in [0.1, 0.15) is 28.2 Å². The highest BCUT2D eigenvalue weighted by atomic mass is 32.1. The average molecular weight is 688 g/mol. The molecule has 1 aromatic carbocycles. The molecule has 1 aliphatic heterocycles. The molecule has 0 unspecified atom stereocenters. The SMILES string of the molecule is COC(=O)c1ccc(C(=O)N2CC(=O)N[C@@H](C(C)C)c3nc(c(C)o3)C(=O)N[C@H](C)c3nc(cs3)C(=O)N[C@H](Cc3ccccc3)C2)nc1. The van der Waals surface area contributed by atoms with Gasteiger partial charge in [-0.05, 0) is 43.9 Å². The molecule has 5 rings (SSSR count). The van der Waals surface area contributed by atoms with Crippen LogP contribution in [0.4, 0.5) is 0 Å². The van der Waals surface area contributed by atoms with E-state index in [0.29, 0.717) is 11.4 Å². The number of hydrogen-bond donors (Lipinski definition) is 3.